The molecule has 32 nitrogen and oxygen atoms in total. The van der Waals surface area contributed by atoms with Crippen molar-refractivity contribution >= 4 is 189 Å². The van der Waals surface area contributed by atoms with E-state index in [0.717, 1.165) is 79.2 Å². The summed E-state index contributed by atoms with van der Waals surface area (Å²) in [7, 11) is -7.96. The molecule has 0 spiro atoms. The molecule has 4 fully saturated rings. The number of nitrogens with one attached hydrogen (secondary N) is 6. The Kier molecular flexibility index (Phi) is 38.9. The average molecular weight is 1680 g/mol. The van der Waals surface area contributed by atoms with Crippen molar-refractivity contribution in [3.63, 3.8) is 0 Å². The Morgan fingerprint density at radius 1 is 0.617 bits per heavy atom. The number of nitrogens with zero attached hydrogens (tertiary/aromatic N) is 8. The van der Waals surface area contributed by atoms with Gasteiger partial charge in [-0.1, -0.05) is 12.6 Å². The van der Waals surface area contributed by atoms with Crippen molar-refractivity contribution in [1.82, 2.24) is 32.8 Å². The number of anilines is 7. The molecule has 0 aliphatic carbocycles. The molecule has 4 aliphatic rings. The van der Waals surface area contributed by atoms with E-state index in [1.807, 2.05) is 48.5 Å². The summed E-state index contributed by atoms with van der Waals surface area (Å²) in [5, 5.41) is 40.6. The van der Waals surface area contributed by atoms with Crippen molar-refractivity contribution < 1.29 is 62.6 Å². The molecule has 592 valence electrons. The van der Waals surface area contributed by atoms with Gasteiger partial charge < -0.3 is 52.8 Å². The topological polar surface area (TPSA) is 440 Å². The number of sulfonamides is 3. The minimum atomic E-state index is -3.19. The van der Waals surface area contributed by atoms with Crippen molar-refractivity contribution in [3.05, 3.63) is 172 Å². The SMILES string of the molecule is C=CC(=O)Nc1cccc(Oc2nc(Cl)nc3c2ccn3COC(=O)C(C)(C)C)c1.CS(=O)(=O)Cl.CS(=O)(=O)N1CC[C@H](Nc2ccc(N)cc2)C1.CS(=O)(=O)N1CC[C@H](Nc2ccc(N)cc2)C1.CS(=O)(=O)N1CC[C@H](Nc2ccc([N+](=O)[O-])cc2)C1.O=[N+]([O-])c1ccc(N[C@H]2CCNC2)cc1.S.S.S.S. The van der Waals surface area contributed by atoms with Gasteiger partial charge in [0.2, 0.25) is 56.2 Å². The molecular formula is C65H94Cl2N16O16S8. The van der Waals surface area contributed by atoms with Gasteiger partial charge in [0.25, 0.3) is 11.4 Å². The molecule has 0 radical (unpaired) electrons. The van der Waals surface area contributed by atoms with E-state index in [4.69, 9.17) is 32.5 Å². The third kappa shape index (κ3) is 33.8. The molecule has 2 aromatic heterocycles. The molecule has 1 amide bonds. The molecule has 107 heavy (non-hydrogen) atoms. The molecule has 6 heterocycles. The van der Waals surface area contributed by atoms with Crippen LogP contribution in [0.4, 0.5) is 51.2 Å². The van der Waals surface area contributed by atoms with E-state index in [1.54, 1.807) is 86.1 Å². The number of ether oxygens (including phenoxy) is 2. The van der Waals surface area contributed by atoms with Gasteiger partial charge in [-0.15, -0.1) is 0 Å². The molecule has 7 aromatic rings. The Labute approximate surface area is 661 Å². The lowest BCUT2D eigenvalue weighted by Gasteiger charge is -2.17. The summed E-state index contributed by atoms with van der Waals surface area (Å²) in [6, 6.07) is 36.9. The van der Waals surface area contributed by atoms with Gasteiger partial charge in [-0.2, -0.15) is 64.0 Å². The Balaban J connectivity index is 0.000000452. The zero-order chi connectivity index (χ0) is 76.0. The summed E-state index contributed by atoms with van der Waals surface area (Å²) in [5.74, 6) is 0.0128. The normalized spacial score (nSPS) is 17.0. The van der Waals surface area contributed by atoms with E-state index in [0.29, 0.717) is 67.8 Å². The number of fused-ring (bicyclic) bond motifs is 1. The lowest BCUT2D eigenvalue weighted by molar-refractivity contribution is -0.385. The van der Waals surface area contributed by atoms with E-state index in [9.17, 15) is 63.5 Å². The maximum atomic E-state index is 12.0. The van der Waals surface area contributed by atoms with Crippen LogP contribution in [-0.4, -0.2) is 184 Å². The first-order valence-corrected chi connectivity index (χ1v) is 40.5. The van der Waals surface area contributed by atoms with E-state index in [1.165, 1.54) is 62.0 Å². The number of aromatic nitrogens is 3. The summed E-state index contributed by atoms with van der Waals surface area (Å²) < 4.78 is 104. The minimum Gasteiger partial charge on any atom is -0.443 e. The predicted molar refractivity (Wildman–Crippen MR) is 444 cm³/mol. The lowest BCUT2D eigenvalue weighted by Crippen LogP contribution is -2.30. The first kappa shape index (κ1) is 95.5. The number of carbonyl (C=O) groups is 2. The Morgan fingerprint density at radius 3 is 1.36 bits per heavy atom. The molecule has 4 saturated heterocycles. The molecule has 10 N–H and O–H groups in total. The predicted octanol–water partition coefficient (Wildman–Crippen LogP) is 9.02. The van der Waals surface area contributed by atoms with Crippen molar-refractivity contribution in [3.8, 4) is 11.6 Å². The quantitative estimate of drug-likeness (QED) is 0.00711. The van der Waals surface area contributed by atoms with Crippen LogP contribution in [0.5, 0.6) is 11.6 Å². The number of rotatable bonds is 19. The van der Waals surface area contributed by atoms with Gasteiger partial charge in [-0.3, -0.25) is 34.4 Å². The van der Waals surface area contributed by atoms with Crippen LogP contribution in [0, 0.1) is 25.6 Å². The van der Waals surface area contributed by atoms with Crippen molar-refractivity contribution in [2.24, 2.45) is 5.41 Å². The Morgan fingerprint density at radius 2 is 1.01 bits per heavy atom. The third-order valence-electron chi connectivity index (χ3n) is 15.4. The summed E-state index contributed by atoms with van der Waals surface area (Å²) in [6.45, 7) is 13.9. The molecule has 0 bridgehead atoms. The summed E-state index contributed by atoms with van der Waals surface area (Å²) in [6.07, 6.45) is 11.0. The second kappa shape index (κ2) is 43.6. The smallest absolute Gasteiger partial charge is 0.312 e. The number of halogens is 2. The molecule has 5 aromatic carbocycles. The van der Waals surface area contributed by atoms with Crippen LogP contribution in [0.25, 0.3) is 11.0 Å². The van der Waals surface area contributed by atoms with Crippen LogP contribution in [0.1, 0.15) is 46.5 Å². The Bertz CT molecular complexity index is 4420. The third-order valence-corrected chi connectivity index (χ3v) is 19.4. The van der Waals surface area contributed by atoms with Crippen LogP contribution in [0.15, 0.2) is 146 Å². The maximum absolute atomic E-state index is 12.0. The summed E-state index contributed by atoms with van der Waals surface area (Å²) >= 11 is 6.08. The molecule has 42 heteroatoms. The summed E-state index contributed by atoms with van der Waals surface area (Å²) in [4.78, 5) is 52.0. The second-order valence-corrected chi connectivity index (χ2v) is 34.4. The minimum absolute atomic E-state index is 0. The summed E-state index contributed by atoms with van der Waals surface area (Å²) in [5.41, 5.74) is 16.8. The fraction of sp³-hybridized carbons (Fsp3) is 0.385. The van der Waals surface area contributed by atoms with Crippen molar-refractivity contribution in [2.75, 3.05) is 115 Å². The molecule has 0 unspecified atom stereocenters. The number of non-ortho nitro benzene ring substituents is 2. The molecule has 0 saturated carbocycles. The fourth-order valence-electron chi connectivity index (χ4n) is 10.2. The maximum Gasteiger partial charge on any atom is 0.312 e. The van der Waals surface area contributed by atoms with Crippen LogP contribution in [-0.2, 0) is 60.2 Å². The van der Waals surface area contributed by atoms with E-state index >= 15 is 0 Å². The number of nitrogens with two attached hydrogens (primary N) is 2. The second-order valence-electron chi connectivity index (χ2n) is 25.1. The van der Waals surface area contributed by atoms with E-state index in [-0.39, 0.29) is 118 Å². The number of amides is 1. The molecular weight excluding hydrogens is 1590 g/mol. The highest BCUT2D eigenvalue weighted by molar-refractivity contribution is 8.13. The van der Waals surface area contributed by atoms with Gasteiger partial charge in [0.1, 0.15) is 5.75 Å². The van der Waals surface area contributed by atoms with Gasteiger partial charge in [0, 0.05) is 157 Å². The van der Waals surface area contributed by atoms with Gasteiger partial charge >= 0.3 is 5.97 Å². The number of nitrogen functional groups attached to an aromatic ring is 2. The van der Waals surface area contributed by atoms with E-state index in [2.05, 4.69) is 59.1 Å². The largest absolute Gasteiger partial charge is 0.443 e. The highest BCUT2D eigenvalue weighted by Crippen LogP contribution is 2.32. The molecule has 4 atom stereocenters. The first-order valence-electron chi connectivity index (χ1n) is 31.8. The fourth-order valence-corrected chi connectivity index (χ4v) is 13.0. The number of esters is 1. The number of nitro benzene ring substituents is 2. The van der Waals surface area contributed by atoms with E-state index < -0.39 is 49.5 Å². The van der Waals surface area contributed by atoms with Crippen molar-refractivity contribution in [1.29, 1.82) is 0 Å². The van der Waals surface area contributed by atoms with Crippen molar-refractivity contribution in [2.45, 2.75) is 77.4 Å². The van der Waals surface area contributed by atoms with Gasteiger partial charge in [0.05, 0.1) is 45.7 Å². The number of hydrogen-bond acceptors (Lipinski definition) is 25. The Hall–Kier alpha value is -7.58. The first-order chi connectivity index (χ1) is 48.2. The van der Waals surface area contributed by atoms with Gasteiger partial charge in [-0.25, -0.2) is 46.6 Å². The number of hydrogen-bond donors (Lipinski definition) is 8. The zero-order valence-electron chi connectivity index (χ0n) is 59.6. The standard InChI is InChI=1S/C21H21ClN4O4.C11H15N3O4S.2C11H17N3O2S.C10H13N3O2.CH3ClO2S.4H2S/c1-5-16(27)23-13-7-6-8-14(11-13)30-18-15-9-10-26(17(15)24-20(22)25-18)12-29-19(28)21(2,3)4;1-19(17,18)13-7-6-10(8-13)12-9-2-4-11(5-3-9)14(15)16;2*1-17(15,16)14-7-6-11(8-14)13-10-4-2-9(12)3-5-10;14-13(15)10-3-1-8(2-4-10)12-9-5-6-11-7-9;1-5(2,3)4;;;;/h5-11H,1,12H2,2-4H3,(H,23,27);2-5,10,12H,6-8H2,1H3;2*2-5,11,13H,6-8,12H2,1H3;1-4,9,11-12H,5-7H2;1H3;4*1H2/t;10-;2*11-;9-;;;;;/m.0000...../s1. The zero-order valence-corrected chi connectivity index (χ0v) is 68.4. The molecule has 11 rings (SSSR count). The van der Waals surface area contributed by atoms with Crippen LogP contribution < -0.4 is 48.1 Å². The van der Waals surface area contributed by atoms with Gasteiger partial charge in [0.15, 0.2) is 12.4 Å². The van der Waals surface area contributed by atoms with Crippen LogP contribution in [0.2, 0.25) is 5.28 Å². The monoisotopic (exact) mass is 1680 g/mol. The number of carbonyl (C=O) groups excluding carboxylic acids is 2. The average Bonchev–Trinajstić information content (AvgIpc) is 1.66. The van der Waals surface area contributed by atoms with Crippen LogP contribution in [0.3, 0.4) is 0 Å². The van der Waals surface area contributed by atoms with Crippen LogP contribution >= 0.6 is 76.3 Å². The number of benzene rings is 5. The lowest BCUT2D eigenvalue weighted by atomic mass is 9.98. The number of nitro groups is 2. The van der Waals surface area contributed by atoms with Gasteiger partial charge in [-0.05, 0) is 162 Å². The molecule has 4 aliphatic heterocycles. The highest BCUT2D eigenvalue weighted by Gasteiger charge is 2.31. The highest BCUT2D eigenvalue weighted by atomic mass is 35.7.